The zero-order valence-electron chi connectivity index (χ0n) is 16.5. The molecular weight excluding hydrogens is 348 g/mol. The smallest absolute Gasteiger partial charge is 0.329 e. The van der Waals surface area contributed by atoms with Crippen molar-refractivity contribution in [3.63, 3.8) is 0 Å². The highest BCUT2D eigenvalue weighted by atomic mass is 16.1. The monoisotopic (exact) mass is 374 g/mol. The van der Waals surface area contributed by atoms with Crippen LogP contribution >= 0.6 is 0 Å². The molecule has 0 aliphatic heterocycles. The topological polar surface area (TPSA) is 44.8 Å². The highest BCUT2D eigenvalue weighted by Gasteiger charge is 2.29. The maximum Gasteiger partial charge on any atom is 0.329 e. The van der Waals surface area contributed by atoms with Gasteiger partial charge in [-0.1, -0.05) is 26.0 Å². The summed E-state index contributed by atoms with van der Waals surface area (Å²) >= 11 is 0. The fourth-order valence-corrected chi connectivity index (χ4v) is 4.18. The van der Waals surface area contributed by atoms with E-state index in [1.165, 1.54) is 11.2 Å². The van der Waals surface area contributed by atoms with Gasteiger partial charge in [0, 0.05) is 36.1 Å². The Labute approximate surface area is 164 Å². The number of aryl methyl sites for hydroxylation is 1. The third-order valence-corrected chi connectivity index (χ3v) is 5.82. The predicted molar refractivity (Wildman–Crippen MR) is 113 cm³/mol. The Morgan fingerprint density at radius 3 is 2.61 bits per heavy atom. The van der Waals surface area contributed by atoms with E-state index in [9.17, 15) is 4.79 Å². The molecule has 0 bridgehead atoms. The minimum absolute atomic E-state index is 0.113. The molecule has 0 saturated heterocycles. The van der Waals surface area contributed by atoms with Gasteiger partial charge in [-0.2, -0.15) is 0 Å². The van der Waals surface area contributed by atoms with Crippen LogP contribution in [0, 0.1) is 5.92 Å². The first-order valence-corrected chi connectivity index (χ1v) is 10.3. The Kier molecular flexibility index (Phi) is 4.11. The number of rotatable bonds is 6. The zero-order chi connectivity index (χ0) is 19.3. The summed E-state index contributed by atoms with van der Waals surface area (Å²) in [5.74, 6) is 0.631. The molecule has 1 fully saturated rings. The van der Waals surface area contributed by atoms with E-state index < -0.39 is 0 Å². The third-order valence-electron chi connectivity index (χ3n) is 5.82. The summed E-state index contributed by atoms with van der Waals surface area (Å²) in [7, 11) is 0. The van der Waals surface area contributed by atoms with E-state index in [4.69, 9.17) is 0 Å². The van der Waals surface area contributed by atoms with Crippen molar-refractivity contribution in [2.75, 3.05) is 0 Å². The van der Waals surface area contributed by atoms with E-state index >= 15 is 0 Å². The Morgan fingerprint density at radius 1 is 1.07 bits per heavy atom. The number of aromatic nitrogens is 4. The van der Waals surface area contributed by atoms with Crippen LogP contribution in [0.1, 0.15) is 44.8 Å². The molecule has 0 amide bonds. The van der Waals surface area contributed by atoms with Crippen molar-refractivity contribution >= 4 is 21.9 Å². The normalized spacial score (nSPS) is 14.5. The van der Waals surface area contributed by atoms with Gasteiger partial charge < -0.3 is 4.57 Å². The molecule has 0 unspecified atom stereocenters. The number of hydrogen-bond acceptors (Lipinski definition) is 2. The van der Waals surface area contributed by atoms with Gasteiger partial charge in [0.2, 0.25) is 0 Å². The molecule has 5 nitrogen and oxygen atoms in total. The van der Waals surface area contributed by atoms with Crippen LogP contribution in [0.25, 0.3) is 21.9 Å². The molecule has 5 rings (SSSR count). The summed E-state index contributed by atoms with van der Waals surface area (Å²) in [5, 5.41) is 1.14. The number of pyridine rings is 1. The Balaban J connectivity index is 1.64. The van der Waals surface area contributed by atoms with Gasteiger partial charge in [-0.15, -0.1) is 0 Å². The summed E-state index contributed by atoms with van der Waals surface area (Å²) in [6.45, 7) is 6.05. The SMILES string of the molecule is CC(C)CCn1c(Cn2c(=O)n(C3CC3)c3ccccc32)cc2cnccc21. The molecule has 0 atom stereocenters. The first-order valence-electron chi connectivity index (χ1n) is 10.3. The van der Waals surface area contributed by atoms with E-state index in [2.05, 4.69) is 47.7 Å². The van der Waals surface area contributed by atoms with Crippen molar-refractivity contribution in [3.05, 3.63) is 65.0 Å². The molecule has 0 N–H and O–H groups in total. The van der Waals surface area contributed by atoms with Crippen LogP contribution < -0.4 is 5.69 Å². The molecule has 3 heterocycles. The van der Waals surface area contributed by atoms with Gasteiger partial charge in [0.1, 0.15) is 0 Å². The standard InChI is InChI=1S/C23H26N4O/c1-16(2)10-12-25-19(13-17-14-24-11-9-20(17)25)15-26-21-5-3-4-6-22(21)27(23(26)28)18-7-8-18/h3-6,9,11,13-14,16,18H,7-8,10,12,15H2,1-2H3. The van der Waals surface area contributed by atoms with Crippen molar-refractivity contribution in [2.45, 2.75) is 52.2 Å². The molecule has 1 aromatic carbocycles. The number of hydrogen-bond donors (Lipinski definition) is 0. The second kappa shape index (κ2) is 6.66. The quantitative estimate of drug-likeness (QED) is 0.496. The molecule has 28 heavy (non-hydrogen) atoms. The second-order valence-corrected chi connectivity index (χ2v) is 8.36. The first-order chi connectivity index (χ1) is 13.6. The van der Waals surface area contributed by atoms with Gasteiger partial charge in [0.05, 0.1) is 23.1 Å². The van der Waals surface area contributed by atoms with Gasteiger partial charge in [0.25, 0.3) is 0 Å². The van der Waals surface area contributed by atoms with Crippen LogP contribution in [0.15, 0.2) is 53.6 Å². The van der Waals surface area contributed by atoms with Gasteiger partial charge in [-0.3, -0.25) is 14.1 Å². The van der Waals surface area contributed by atoms with Crippen molar-refractivity contribution in [3.8, 4) is 0 Å². The fraction of sp³-hybridized carbons (Fsp3) is 0.391. The van der Waals surface area contributed by atoms with Gasteiger partial charge in [-0.25, -0.2) is 4.79 Å². The lowest BCUT2D eigenvalue weighted by Gasteiger charge is -2.13. The molecule has 4 aromatic rings. The number of imidazole rings is 1. The van der Waals surface area contributed by atoms with Crippen LogP contribution in [0.5, 0.6) is 0 Å². The van der Waals surface area contributed by atoms with Crippen LogP contribution in [0.4, 0.5) is 0 Å². The molecule has 0 spiro atoms. The highest BCUT2D eigenvalue weighted by Crippen LogP contribution is 2.36. The van der Waals surface area contributed by atoms with Crippen LogP contribution in [-0.4, -0.2) is 18.7 Å². The number of fused-ring (bicyclic) bond motifs is 2. The van der Waals surface area contributed by atoms with Crippen molar-refractivity contribution in [1.82, 2.24) is 18.7 Å². The fourth-order valence-electron chi connectivity index (χ4n) is 4.18. The minimum atomic E-state index is 0.113. The summed E-state index contributed by atoms with van der Waals surface area (Å²) < 4.78 is 6.31. The highest BCUT2D eigenvalue weighted by molar-refractivity contribution is 5.80. The molecule has 0 radical (unpaired) electrons. The third kappa shape index (κ3) is 2.86. The number of benzene rings is 1. The van der Waals surface area contributed by atoms with Crippen LogP contribution in [0.2, 0.25) is 0 Å². The van der Waals surface area contributed by atoms with E-state index in [0.717, 1.165) is 42.2 Å². The predicted octanol–water partition coefficient (Wildman–Crippen LogP) is 4.58. The molecule has 144 valence electrons. The van der Waals surface area contributed by atoms with Crippen LogP contribution in [-0.2, 0) is 13.1 Å². The summed E-state index contributed by atoms with van der Waals surface area (Å²) in [6, 6.07) is 12.8. The van der Waals surface area contributed by atoms with E-state index in [0.29, 0.717) is 18.5 Å². The average molecular weight is 374 g/mol. The lowest BCUT2D eigenvalue weighted by atomic mass is 10.1. The van der Waals surface area contributed by atoms with Crippen molar-refractivity contribution in [2.24, 2.45) is 5.92 Å². The zero-order valence-corrected chi connectivity index (χ0v) is 16.5. The Hall–Kier alpha value is -2.82. The Bertz CT molecular complexity index is 1210. The minimum Gasteiger partial charge on any atom is -0.343 e. The lowest BCUT2D eigenvalue weighted by molar-refractivity contribution is 0.511. The molecule has 3 aromatic heterocycles. The molecule has 1 aliphatic rings. The Morgan fingerprint density at radius 2 is 1.86 bits per heavy atom. The van der Waals surface area contributed by atoms with Gasteiger partial charge in [0.15, 0.2) is 0 Å². The number of para-hydroxylation sites is 2. The van der Waals surface area contributed by atoms with Gasteiger partial charge >= 0.3 is 5.69 Å². The summed E-state index contributed by atoms with van der Waals surface area (Å²) in [5.41, 5.74) is 4.57. The first kappa shape index (κ1) is 17.3. The summed E-state index contributed by atoms with van der Waals surface area (Å²) in [4.78, 5) is 17.6. The van der Waals surface area contributed by atoms with E-state index in [1.54, 1.807) is 0 Å². The largest absolute Gasteiger partial charge is 0.343 e. The molecule has 5 heteroatoms. The maximum absolute atomic E-state index is 13.3. The van der Waals surface area contributed by atoms with Crippen molar-refractivity contribution < 1.29 is 0 Å². The average Bonchev–Trinajstić information content (AvgIpc) is 3.40. The lowest BCUT2D eigenvalue weighted by Crippen LogP contribution is -2.25. The molecule has 1 saturated carbocycles. The van der Waals surface area contributed by atoms with Crippen molar-refractivity contribution in [1.29, 1.82) is 0 Å². The van der Waals surface area contributed by atoms with Crippen LogP contribution in [0.3, 0.4) is 0 Å². The molecule has 1 aliphatic carbocycles. The van der Waals surface area contributed by atoms with E-state index in [1.807, 2.05) is 33.7 Å². The second-order valence-electron chi connectivity index (χ2n) is 8.36. The van der Waals surface area contributed by atoms with E-state index in [-0.39, 0.29) is 5.69 Å². The maximum atomic E-state index is 13.3. The number of nitrogens with zero attached hydrogens (tertiary/aromatic N) is 4. The van der Waals surface area contributed by atoms with Gasteiger partial charge in [-0.05, 0) is 49.4 Å². The molecular formula is C23H26N4O. The summed E-state index contributed by atoms with van der Waals surface area (Å²) in [6.07, 6.45) is 7.09.